The number of aliphatic hydroxyl groups is 1. The summed E-state index contributed by atoms with van der Waals surface area (Å²) in [7, 11) is 0. The third kappa shape index (κ3) is 3.88. The van der Waals surface area contributed by atoms with E-state index in [2.05, 4.69) is 19.2 Å². The fourth-order valence-corrected chi connectivity index (χ4v) is 1.90. The molecule has 0 radical (unpaired) electrons. The predicted molar refractivity (Wildman–Crippen MR) is 59.4 cm³/mol. The summed E-state index contributed by atoms with van der Waals surface area (Å²) in [5.41, 5.74) is -0.599. The van der Waals surface area contributed by atoms with Gasteiger partial charge in [-0.15, -0.1) is 11.8 Å². The molecule has 0 aliphatic heterocycles. The SMILES string of the molecule is CC(C)SCC(=O)NCC1(O)CCC1. The highest BCUT2D eigenvalue weighted by Crippen LogP contribution is 2.30. The Morgan fingerprint density at radius 3 is 2.64 bits per heavy atom. The van der Waals surface area contributed by atoms with Crippen LogP contribution in [0.5, 0.6) is 0 Å². The van der Waals surface area contributed by atoms with Crippen LogP contribution in [0.3, 0.4) is 0 Å². The highest BCUT2D eigenvalue weighted by atomic mass is 32.2. The lowest BCUT2D eigenvalue weighted by molar-refractivity contribution is -0.121. The summed E-state index contributed by atoms with van der Waals surface area (Å²) >= 11 is 1.62. The molecule has 1 aliphatic rings. The first kappa shape index (κ1) is 11.9. The molecular formula is C10H19NO2S. The van der Waals surface area contributed by atoms with Gasteiger partial charge in [-0.25, -0.2) is 0 Å². The van der Waals surface area contributed by atoms with Gasteiger partial charge >= 0.3 is 0 Å². The van der Waals surface area contributed by atoms with E-state index in [0.717, 1.165) is 19.3 Å². The Labute approximate surface area is 89.6 Å². The van der Waals surface area contributed by atoms with Gasteiger partial charge in [0.25, 0.3) is 0 Å². The smallest absolute Gasteiger partial charge is 0.230 e. The third-order valence-electron chi connectivity index (χ3n) is 2.45. The molecule has 2 N–H and O–H groups in total. The number of hydrogen-bond donors (Lipinski definition) is 2. The van der Waals surface area contributed by atoms with Crippen molar-refractivity contribution in [1.29, 1.82) is 0 Å². The second kappa shape index (κ2) is 5.03. The van der Waals surface area contributed by atoms with E-state index in [4.69, 9.17) is 0 Å². The molecule has 0 spiro atoms. The van der Waals surface area contributed by atoms with Crippen LogP contribution in [0, 0.1) is 0 Å². The van der Waals surface area contributed by atoms with Gasteiger partial charge in [0.05, 0.1) is 11.4 Å². The van der Waals surface area contributed by atoms with Crippen LogP contribution in [0.2, 0.25) is 0 Å². The molecule has 0 saturated heterocycles. The quantitative estimate of drug-likeness (QED) is 0.726. The van der Waals surface area contributed by atoms with E-state index < -0.39 is 5.60 Å². The van der Waals surface area contributed by atoms with Crippen molar-refractivity contribution in [3.8, 4) is 0 Å². The third-order valence-corrected chi connectivity index (χ3v) is 3.54. The lowest BCUT2D eigenvalue weighted by Crippen LogP contribution is -2.48. The molecule has 1 rings (SSSR count). The van der Waals surface area contributed by atoms with Crippen molar-refractivity contribution in [1.82, 2.24) is 5.32 Å². The number of carbonyl (C=O) groups excluding carboxylic acids is 1. The lowest BCUT2D eigenvalue weighted by atomic mass is 9.80. The molecule has 0 aromatic carbocycles. The van der Waals surface area contributed by atoms with E-state index in [-0.39, 0.29) is 5.91 Å². The summed E-state index contributed by atoms with van der Waals surface area (Å²) < 4.78 is 0. The first-order valence-corrected chi connectivity index (χ1v) is 6.17. The van der Waals surface area contributed by atoms with Crippen LogP contribution >= 0.6 is 11.8 Å². The maximum absolute atomic E-state index is 11.3. The fraction of sp³-hybridized carbons (Fsp3) is 0.900. The van der Waals surface area contributed by atoms with Gasteiger partial charge in [0.2, 0.25) is 5.91 Å². The van der Waals surface area contributed by atoms with Crippen molar-refractivity contribution in [2.24, 2.45) is 0 Å². The van der Waals surface area contributed by atoms with Crippen LogP contribution in [0.4, 0.5) is 0 Å². The van der Waals surface area contributed by atoms with Crippen molar-refractivity contribution >= 4 is 17.7 Å². The number of carbonyl (C=O) groups is 1. The van der Waals surface area contributed by atoms with Gasteiger partial charge in [-0.1, -0.05) is 13.8 Å². The first-order valence-electron chi connectivity index (χ1n) is 5.12. The van der Waals surface area contributed by atoms with Crippen molar-refractivity contribution in [3.05, 3.63) is 0 Å². The lowest BCUT2D eigenvalue weighted by Gasteiger charge is -2.36. The molecule has 0 atom stereocenters. The number of thioether (sulfide) groups is 1. The number of amides is 1. The molecule has 0 unspecified atom stereocenters. The molecule has 0 aromatic heterocycles. The molecule has 14 heavy (non-hydrogen) atoms. The van der Waals surface area contributed by atoms with Gasteiger partial charge in [-0.3, -0.25) is 4.79 Å². The Hall–Kier alpha value is -0.220. The molecule has 1 saturated carbocycles. The topological polar surface area (TPSA) is 49.3 Å². The van der Waals surface area contributed by atoms with Crippen molar-refractivity contribution in [2.75, 3.05) is 12.3 Å². The zero-order chi connectivity index (χ0) is 10.6. The minimum Gasteiger partial charge on any atom is -0.388 e. The molecule has 82 valence electrons. The van der Waals surface area contributed by atoms with Crippen LogP contribution in [-0.2, 0) is 4.79 Å². The average Bonchev–Trinajstić information content (AvgIpc) is 2.08. The molecule has 0 bridgehead atoms. The maximum atomic E-state index is 11.3. The molecule has 0 aromatic rings. The normalized spacial score (nSPS) is 19.1. The maximum Gasteiger partial charge on any atom is 0.230 e. The van der Waals surface area contributed by atoms with Gasteiger partial charge in [-0.2, -0.15) is 0 Å². The molecule has 1 amide bonds. The summed E-state index contributed by atoms with van der Waals surface area (Å²) in [5.74, 6) is 0.525. The Morgan fingerprint density at radius 2 is 2.21 bits per heavy atom. The predicted octanol–water partition coefficient (Wildman–Crippen LogP) is 1.16. The molecule has 3 nitrogen and oxygen atoms in total. The largest absolute Gasteiger partial charge is 0.388 e. The van der Waals surface area contributed by atoms with Crippen LogP contribution < -0.4 is 5.32 Å². The second-order valence-electron chi connectivity index (χ2n) is 4.21. The van der Waals surface area contributed by atoms with Crippen LogP contribution in [0.1, 0.15) is 33.1 Å². The van der Waals surface area contributed by atoms with Gasteiger partial charge in [0, 0.05) is 6.54 Å². The highest BCUT2D eigenvalue weighted by molar-refractivity contribution is 8.00. The minimum absolute atomic E-state index is 0.0315. The average molecular weight is 217 g/mol. The number of rotatable bonds is 5. The van der Waals surface area contributed by atoms with Gasteiger partial charge in [0.15, 0.2) is 0 Å². The van der Waals surface area contributed by atoms with Gasteiger partial charge < -0.3 is 10.4 Å². The highest BCUT2D eigenvalue weighted by Gasteiger charge is 2.34. The summed E-state index contributed by atoms with van der Waals surface area (Å²) in [6.45, 7) is 4.55. The van der Waals surface area contributed by atoms with Crippen LogP contribution in [-0.4, -0.2) is 34.2 Å². The van der Waals surface area contributed by atoms with Gasteiger partial charge in [-0.05, 0) is 24.5 Å². The minimum atomic E-state index is -0.599. The Kier molecular flexibility index (Phi) is 4.26. The Bertz CT molecular complexity index is 202. The number of nitrogens with one attached hydrogen (secondary N) is 1. The summed E-state index contributed by atoms with van der Waals surface area (Å²) in [4.78, 5) is 11.3. The molecule has 1 fully saturated rings. The summed E-state index contributed by atoms with van der Waals surface area (Å²) in [6.07, 6.45) is 2.72. The summed E-state index contributed by atoms with van der Waals surface area (Å²) in [5, 5.41) is 13.0. The van der Waals surface area contributed by atoms with Crippen molar-refractivity contribution < 1.29 is 9.90 Å². The number of hydrogen-bond acceptors (Lipinski definition) is 3. The molecule has 1 aliphatic carbocycles. The van der Waals surface area contributed by atoms with E-state index in [9.17, 15) is 9.90 Å². The van der Waals surface area contributed by atoms with E-state index in [1.807, 2.05) is 0 Å². The van der Waals surface area contributed by atoms with Crippen LogP contribution in [0.15, 0.2) is 0 Å². The standard InChI is InChI=1S/C10H19NO2S/c1-8(2)14-6-9(12)11-7-10(13)4-3-5-10/h8,13H,3-7H2,1-2H3,(H,11,12). The van der Waals surface area contributed by atoms with E-state index >= 15 is 0 Å². The Morgan fingerprint density at radius 1 is 1.57 bits per heavy atom. The monoisotopic (exact) mass is 217 g/mol. The van der Waals surface area contributed by atoms with Crippen molar-refractivity contribution in [2.45, 2.75) is 44.0 Å². The molecule has 0 heterocycles. The molecular weight excluding hydrogens is 198 g/mol. The van der Waals surface area contributed by atoms with E-state index in [1.54, 1.807) is 11.8 Å². The zero-order valence-electron chi connectivity index (χ0n) is 8.88. The second-order valence-corrected chi connectivity index (χ2v) is 5.78. The van der Waals surface area contributed by atoms with Gasteiger partial charge in [0.1, 0.15) is 0 Å². The van der Waals surface area contributed by atoms with Crippen LogP contribution in [0.25, 0.3) is 0 Å². The van der Waals surface area contributed by atoms with E-state index in [0.29, 0.717) is 17.5 Å². The van der Waals surface area contributed by atoms with E-state index in [1.165, 1.54) is 0 Å². The fourth-order valence-electron chi connectivity index (χ4n) is 1.32. The van der Waals surface area contributed by atoms with Crippen molar-refractivity contribution in [3.63, 3.8) is 0 Å². The zero-order valence-corrected chi connectivity index (χ0v) is 9.69. The summed E-state index contributed by atoms with van der Waals surface area (Å²) in [6, 6.07) is 0. The Balaban J connectivity index is 2.08. The molecule has 4 heteroatoms. The first-order chi connectivity index (χ1) is 6.52.